The SMILES string of the molecule is c1coc(-c2noc(C3CN(Cc4cn5ccccc5n4)C3)n2)c1. The summed E-state index contributed by atoms with van der Waals surface area (Å²) in [6.45, 7) is 2.62. The Morgan fingerprint density at radius 1 is 1.12 bits per heavy atom. The van der Waals surface area contributed by atoms with Crippen LogP contribution in [0.3, 0.4) is 0 Å². The number of pyridine rings is 1. The van der Waals surface area contributed by atoms with E-state index in [4.69, 9.17) is 8.94 Å². The molecular weight excluding hydrogens is 306 g/mol. The van der Waals surface area contributed by atoms with Gasteiger partial charge in [-0.1, -0.05) is 11.2 Å². The Morgan fingerprint density at radius 2 is 2.08 bits per heavy atom. The molecule has 0 N–H and O–H groups in total. The van der Waals surface area contributed by atoms with Crippen molar-refractivity contribution in [1.82, 2.24) is 24.4 Å². The van der Waals surface area contributed by atoms with Gasteiger partial charge in [-0.15, -0.1) is 0 Å². The lowest BCUT2D eigenvalue weighted by atomic mass is 10.00. The lowest BCUT2D eigenvalue weighted by Crippen LogP contribution is -2.44. The molecule has 0 amide bonds. The first-order chi connectivity index (χ1) is 11.8. The summed E-state index contributed by atoms with van der Waals surface area (Å²) < 4.78 is 12.7. The summed E-state index contributed by atoms with van der Waals surface area (Å²) in [5.41, 5.74) is 2.05. The van der Waals surface area contributed by atoms with E-state index in [1.54, 1.807) is 6.26 Å². The zero-order chi connectivity index (χ0) is 15.9. The number of aromatic nitrogens is 4. The topological polar surface area (TPSA) is 72.6 Å². The number of imidazole rings is 1. The minimum Gasteiger partial charge on any atom is -0.461 e. The Kier molecular flexibility index (Phi) is 2.99. The molecule has 4 aromatic heterocycles. The van der Waals surface area contributed by atoms with E-state index >= 15 is 0 Å². The van der Waals surface area contributed by atoms with Crippen LogP contribution >= 0.6 is 0 Å². The highest BCUT2D eigenvalue weighted by molar-refractivity contribution is 5.45. The average molecular weight is 321 g/mol. The summed E-state index contributed by atoms with van der Waals surface area (Å²) in [7, 11) is 0. The lowest BCUT2D eigenvalue weighted by molar-refractivity contribution is 0.116. The predicted molar refractivity (Wildman–Crippen MR) is 85.2 cm³/mol. The van der Waals surface area contributed by atoms with Crippen LogP contribution in [-0.4, -0.2) is 37.5 Å². The first-order valence-electron chi connectivity index (χ1n) is 7.87. The van der Waals surface area contributed by atoms with Crippen LogP contribution in [0.2, 0.25) is 0 Å². The lowest BCUT2D eigenvalue weighted by Gasteiger charge is -2.36. The van der Waals surface area contributed by atoms with Gasteiger partial charge in [0.2, 0.25) is 11.7 Å². The molecule has 1 fully saturated rings. The fraction of sp³-hybridized carbons (Fsp3) is 0.235. The summed E-state index contributed by atoms with van der Waals surface area (Å²) in [6, 6.07) is 9.65. The molecule has 7 nitrogen and oxygen atoms in total. The van der Waals surface area contributed by atoms with Crippen molar-refractivity contribution >= 4 is 5.65 Å². The minimum absolute atomic E-state index is 0.276. The fourth-order valence-corrected chi connectivity index (χ4v) is 3.05. The fourth-order valence-electron chi connectivity index (χ4n) is 3.05. The van der Waals surface area contributed by atoms with E-state index in [9.17, 15) is 0 Å². The van der Waals surface area contributed by atoms with E-state index in [1.165, 1.54) is 0 Å². The van der Waals surface area contributed by atoms with Crippen molar-refractivity contribution in [3.63, 3.8) is 0 Å². The highest BCUT2D eigenvalue weighted by Crippen LogP contribution is 2.28. The van der Waals surface area contributed by atoms with Gasteiger partial charge < -0.3 is 13.3 Å². The molecule has 1 saturated heterocycles. The van der Waals surface area contributed by atoms with Crippen molar-refractivity contribution in [2.24, 2.45) is 0 Å². The Labute approximate surface area is 137 Å². The van der Waals surface area contributed by atoms with Gasteiger partial charge in [-0.2, -0.15) is 4.98 Å². The van der Waals surface area contributed by atoms with Crippen molar-refractivity contribution in [3.05, 3.63) is 60.6 Å². The predicted octanol–water partition coefficient (Wildman–Crippen LogP) is 2.58. The number of likely N-dealkylation sites (tertiary alicyclic amines) is 1. The second kappa shape index (κ2) is 5.31. The van der Waals surface area contributed by atoms with Crippen LogP contribution in [0.15, 0.2) is 57.9 Å². The maximum Gasteiger partial charge on any atom is 0.238 e. The van der Waals surface area contributed by atoms with E-state index < -0.39 is 0 Å². The van der Waals surface area contributed by atoms with Gasteiger partial charge in [0.15, 0.2) is 5.76 Å². The quantitative estimate of drug-likeness (QED) is 0.575. The van der Waals surface area contributed by atoms with Gasteiger partial charge in [-0.25, -0.2) is 4.98 Å². The molecular formula is C17H15N5O2. The van der Waals surface area contributed by atoms with Crippen molar-refractivity contribution < 1.29 is 8.94 Å². The van der Waals surface area contributed by atoms with Gasteiger partial charge in [0, 0.05) is 32.0 Å². The molecule has 5 rings (SSSR count). The zero-order valence-corrected chi connectivity index (χ0v) is 12.9. The van der Waals surface area contributed by atoms with E-state index in [2.05, 4.69) is 26.2 Å². The largest absolute Gasteiger partial charge is 0.461 e. The van der Waals surface area contributed by atoms with Crippen LogP contribution in [0.4, 0.5) is 0 Å². The maximum absolute atomic E-state index is 5.37. The Hall–Kier alpha value is -2.93. The monoisotopic (exact) mass is 321 g/mol. The molecule has 0 radical (unpaired) electrons. The molecule has 0 bridgehead atoms. The summed E-state index contributed by atoms with van der Waals surface area (Å²) in [5, 5.41) is 3.99. The summed E-state index contributed by atoms with van der Waals surface area (Å²) in [4.78, 5) is 11.4. The first kappa shape index (κ1) is 13.5. The third kappa shape index (κ3) is 2.30. The normalized spacial score (nSPS) is 15.8. The van der Waals surface area contributed by atoms with Gasteiger partial charge in [0.05, 0.1) is 17.9 Å². The van der Waals surface area contributed by atoms with Crippen LogP contribution in [0, 0.1) is 0 Å². The molecule has 0 saturated carbocycles. The highest BCUT2D eigenvalue weighted by atomic mass is 16.5. The van der Waals surface area contributed by atoms with E-state index in [0.717, 1.165) is 31.0 Å². The standard InChI is InChI=1S/C17H15N5O2/c1-2-6-22-11-13(18-15(22)5-1)10-21-8-12(9-21)17-19-16(20-24-17)14-4-3-7-23-14/h1-7,11-12H,8-10H2. The third-order valence-electron chi connectivity index (χ3n) is 4.29. The molecule has 0 spiro atoms. The number of hydrogen-bond donors (Lipinski definition) is 0. The van der Waals surface area contributed by atoms with E-state index in [-0.39, 0.29) is 5.92 Å². The maximum atomic E-state index is 5.37. The molecule has 1 aliphatic heterocycles. The summed E-state index contributed by atoms with van der Waals surface area (Å²) >= 11 is 0. The van der Waals surface area contributed by atoms with Crippen LogP contribution < -0.4 is 0 Å². The first-order valence-corrected chi connectivity index (χ1v) is 7.87. The second-order valence-corrected chi connectivity index (χ2v) is 6.02. The van der Waals surface area contributed by atoms with Gasteiger partial charge in [0.25, 0.3) is 0 Å². The number of hydrogen-bond acceptors (Lipinski definition) is 6. The van der Waals surface area contributed by atoms with E-state index in [1.807, 2.05) is 40.9 Å². The minimum atomic E-state index is 0.276. The van der Waals surface area contributed by atoms with Crippen LogP contribution in [0.25, 0.3) is 17.2 Å². The molecule has 4 aromatic rings. The molecule has 5 heterocycles. The molecule has 120 valence electrons. The third-order valence-corrected chi connectivity index (χ3v) is 4.29. The average Bonchev–Trinajstić information content (AvgIpc) is 3.28. The molecule has 0 aromatic carbocycles. The van der Waals surface area contributed by atoms with Crippen LogP contribution in [0.5, 0.6) is 0 Å². The van der Waals surface area contributed by atoms with Gasteiger partial charge in [0.1, 0.15) is 5.65 Å². The smallest absolute Gasteiger partial charge is 0.238 e. The number of rotatable bonds is 4. The summed E-state index contributed by atoms with van der Waals surface area (Å²) in [5.74, 6) is 2.09. The van der Waals surface area contributed by atoms with Crippen molar-refractivity contribution in [2.45, 2.75) is 12.5 Å². The highest BCUT2D eigenvalue weighted by Gasteiger charge is 2.33. The van der Waals surface area contributed by atoms with E-state index in [0.29, 0.717) is 17.5 Å². The van der Waals surface area contributed by atoms with Crippen molar-refractivity contribution in [1.29, 1.82) is 0 Å². The van der Waals surface area contributed by atoms with Gasteiger partial charge >= 0.3 is 0 Å². The van der Waals surface area contributed by atoms with Crippen molar-refractivity contribution in [3.8, 4) is 11.6 Å². The van der Waals surface area contributed by atoms with Gasteiger partial charge in [-0.05, 0) is 24.3 Å². The van der Waals surface area contributed by atoms with Crippen molar-refractivity contribution in [2.75, 3.05) is 13.1 Å². The number of nitrogens with zero attached hydrogens (tertiary/aromatic N) is 5. The van der Waals surface area contributed by atoms with Gasteiger partial charge in [-0.3, -0.25) is 4.90 Å². The summed E-state index contributed by atoms with van der Waals surface area (Å²) in [6.07, 6.45) is 5.69. The molecule has 24 heavy (non-hydrogen) atoms. The molecule has 0 unspecified atom stereocenters. The Bertz CT molecular complexity index is 933. The Morgan fingerprint density at radius 3 is 2.92 bits per heavy atom. The van der Waals surface area contributed by atoms with Crippen LogP contribution in [0.1, 0.15) is 17.5 Å². The molecule has 0 aliphatic carbocycles. The molecule has 7 heteroatoms. The van der Waals surface area contributed by atoms with Crippen LogP contribution in [-0.2, 0) is 6.54 Å². The molecule has 1 aliphatic rings. The second-order valence-electron chi connectivity index (χ2n) is 6.02. The molecule has 0 atom stereocenters. The zero-order valence-electron chi connectivity index (χ0n) is 12.9. The number of fused-ring (bicyclic) bond motifs is 1. The number of furan rings is 1. The Balaban J connectivity index is 1.24.